The van der Waals surface area contributed by atoms with Gasteiger partial charge in [-0.2, -0.15) is 0 Å². The Hall–Kier alpha value is -2.61. The largest absolute Gasteiger partial charge is 0.459 e. The lowest BCUT2D eigenvalue weighted by Crippen LogP contribution is -2.43. The Morgan fingerprint density at radius 1 is 1.21 bits per heavy atom. The van der Waals surface area contributed by atoms with Crippen LogP contribution in [0.25, 0.3) is 0 Å². The van der Waals surface area contributed by atoms with Crippen molar-refractivity contribution in [1.29, 1.82) is 0 Å². The second-order valence-corrected chi connectivity index (χ2v) is 6.46. The molecule has 0 saturated carbocycles. The van der Waals surface area contributed by atoms with Crippen LogP contribution in [0, 0.1) is 0 Å². The van der Waals surface area contributed by atoms with Crippen LogP contribution in [-0.2, 0) is 22.4 Å². The molecule has 2 heterocycles. The lowest BCUT2D eigenvalue weighted by molar-refractivity contribution is -0.125. The van der Waals surface area contributed by atoms with Crippen LogP contribution in [-0.4, -0.2) is 24.4 Å². The molecule has 0 aliphatic heterocycles. The van der Waals surface area contributed by atoms with E-state index in [-0.39, 0.29) is 5.76 Å². The highest BCUT2D eigenvalue weighted by atomic mass is 32.1. The van der Waals surface area contributed by atoms with E-state index in [4.69, 9.17) is 9.15 Å². The summed E-state index contributed by atoms with van der Waals surface area (Å²) >= 11 is 1.42. The second-order valence-electron chi connectivity index (χ2n) is 5.32. The zero-order valence-electron chi connectivity index (χ0n) is 12.8. The summed E-state index contributed by atoms with van der Waals surface area (Å²) in [6.07, 6.45) is 5.60. The van der Waals surface area contributed by atoms with E-state index in [1.807, 2.05) is 6.07 Å². The molecule has 126 valence electrons. The minimum Gasteiger partial charge on any atom is -0.459 e. The van der Waals surface area contributed by atoms with Crippen LogP contribution >= 0.6 is 11.3 Å². The zero-order valence-corrected chi connectivity index (χ0v) is 13.6. The summed E-state index contributed by atoms with van der Waals surface area (Å²) in [4.78, 5) is 36.9. The first kappa shape index (κ1) is 16.3. The monoisotopic (exact) mass is 348 g/mol. The predicted octanol–water partition coefficient (Wildman–Crippen LogP) is 1.84. The van der Waals surface area contributed by atoms with Crippen molar-refractivity contribution in [2.24, 2.45) is 0 Å². The Balaban J connectivity index is 1.45. The number of ether oxygens (including phenoxy) is 1. The summed E-state index contributed by atoms with van der Waals surface area (Å²) in [6.45, 7) is -0.472. The Labute approximate surface area is 142 Å². The number of rotatable bonds is 4. The molecular formula is C16H16N2O5S. The van der Waals surface area contributed by atoms with Gasteiger partial charge >= 0.3 is 11.9 Å². The van der Waals surface area contributed by atoms with Crippen LogP contribution in [0.15, 0.2) is 28.9 Å². The topological polar surface area (TPSA) is 97.6 Å². The zero-order chi connectivity index (χ0) is 16.9. The lowest BCUT2D eigenvalue weighted by atomic mass is 9.99. The molecule has 3 rings (SSSR count). The number of hydrogen-bond acceptors (Lipinski definition) is 6. The maximum Gasteiger partial charge on any atom is 0.348 e. The molecule has 8 heteroatoms. The van der Waals surface area contributed by atoms with Crippen LogP contribution in [0.3, 0.4) is 0 Å². The summed E-state index contributed by atoms with van der Waals surface area (Å²) in [7, 11) is 0. The minimum atomic E-state index is -0.635. The van der Waals surface area contributed by atoms with Gasteiger partial charge in [-0.3, -0.25) is 20.4 Å². The number of carbonyl (C=O) groups is 3. The third kappa shape index (κ3) is 3.83. The third-order valence-electron chi connectivity index (χ3n) is 3.59. The standard InChI is InChI=1S/C16H16N2O5S/c19-14(17-18-15(20)11-5-3-7-22-11)9-23-16(21)13-8-10-4-1-2-6-12(10)24-13/h3,5,7-8H,1-2,4,6,9H2,(H,17,19)(H,18,20). The number of nitrogens with one attached hydrogen (secondary N) is 2. The molecular weight excluding hydrogens is 332 g/mol. The van der Waals surface area contributed by atoms with E-state index in [1.54, 1.807) is 6.07 Å². The molecule has 0 aromatic carbocycles. The van der Waals surface area contributed by atoms with E-state index in [0.29, 0.717) is 4.88 Å². The van der Waals surface area contributed by atoms with Gasteiger partial charge in [0, 0.05) is 4.88 Å². The highest BCUT2D eigenvalue weighted by molar-refractivity contribution is 7.14. The van der Waals surface area contributed by atoms with Gasteiger partial charge in [0.25, 0.3) is 5.91 Å². The molecule has 1 aliphatic carbocycles. The first-order chi connectivity index (χ1) is 11.6. The van der Waals surface area contributed by atoms with Crippen LogP contribution in [0.2, 0.25) is 0 Å². The van der Waals surface area contributed by atoms with Gasteiger partial charge in [0.05, 0.1) is 6.26 Å². The molecule has 0 radical (unpaired) electrons. The van der Waals surface area contributed by atoms with Crippen molar-refractivity contribution in [2.75, 3.05) is 6.61 Å². The van der Waals surface area contributed by atoms with E-state index < -0.39 is 24.4 Å². The molecule has 0 saturated heterocycles. The first-order valence-electron chi connectivity index (χ1n) is 7.55. The van der Waals surface area contributed by atoms with Crippen molar-refractivity contribution in [3.63, 3.8) is 0 Å². The van der Waals surface area contributed by atoms with Crippen LogP contribution in [0.5, 0.6) is 0 Å². The van der Waals surface area contributed by atoms with Gasteiger partial charge in [-0.1, -0.05) is 0 Å². The molecule has 2 aromatic rings. The number of aryl methyl sites for hydroxylation is 2. The van der Waals surface area contributed by atoms with Gasteiger partial charge in [-0.25, -0.2) is 4.79 Å². The van der Waals surface area contributed by atoms with E-state index in [0.717, 1.165) is 25.7 Å². The number of esters is 1. The number of thiophene rings is 1. The van der Waals surface area contributed by atoms with Gasteiger partial charge in [-0.15, -0.1) is 11.3 Å². The van der Waals surface area contributed by atoms with Gasteiger partial charge < -0.3 is 9.15 Å². The van der Waals surface area contributed by atoms with Crippen LogP contribution in [0.4, 0.5) is 0 Å². The van der Waals surface area contributed by atoms with Crippen molar-refractivity contribution >= 4 is 29.1 Å². The van der Waals surface area contributed by atoms with Crippen LogP contribution in [0.1, 0.15) is 43.5 Å². The third-order valence-corrected chi connectivity index (χ3v) is 4.81. The van der Waals surface area contributed by atoms with Crippen molar-refractivity contribution in [3.8, 4) is 0 Å². The SMILES string of the molecule is O=C(COC(=O)c1cc2c(s1)CCCC2)NNC(=O)c1ccco1. The number of fused-ring (bicyclic) bond motifs is 1. The second kappa shape index (κ2) is 7.31. The average Bonchev–Trinajstić information content (AvgIpc) is 3.26. The van der Waals surface area contributed by atoms with Crippen LogP contribution < -0.4 is 10.9 Å². The minimum absolute atomic E-state index is 0.0662. The van der Waals surface area contributed by atoms with E-state index in [1.165, 1.54) is 34.1 Å². The number of amides is 2. The maximum absolute atomic E-state index is 12.0. The quantitative estimate of drug-likeness (QED) is 0.649. The lowest BCUT2D eigenvalue weighted by Gasteiger charge is -2.08. The molecule has 2 N–H and O–H groups in total. The molecule has 2 amide bonds. The number of carbonyl (C=O) groups excluding carboxylic acids is 3. The van der Waals surface area contributed by atoms with Crippen molar-refractivity contribution in [1.82, 2.24) is 10.9 Å². The van der Waals surface area contributed by atoms with Gasteiger partial charge in [0.15, 0.2) is 12.4 Å². The first-order valence-corrected chi connectivity index (χ1v) is 8.36. The van der Waals surface area contributed by atoms with Crippen molar-refractivity contribution in [2.45, 2.75) is 25.7 Å². The number of hydrazine groups is 1. The molecule has 0 atom stereocenters. The van der Waals surface area contributed by atoms with E-state index in [2.05, 4.69) is 10.9 Å². The van der Waals surface area contributed by atoms with E-state index >= 15 is 0 Å². The molecule has 0 fully saturated rings. The summed E-state index contributed by atoms with van der Waals surface area (Å²) < 4.78 is 9.85. The van der Waals surface area contributed by atoms with Crippen molar-refractivity contribution < 1.29 is 23.5 Å². The smallest absolute Gasteiger partial charge is 0.348 e. The Kier molecular flexibility index (Phi) is 4.95. The molecule has 7 nitrogen and oxygen atoms in total. The highest BCUT2D eigenvalue weighted by Crippen LogP contribution is 2.29. The highest BCUT2D eigenvalue weighted by Gasteiger charge is 2.19. The molecule has 0 spiro atoms. The summed E-state index contributed by atoms with van der Waals surface area (Å²) in [5.41, 5.74) is 5.52. The Morgan fingerprint density at radius 2 is 2.04 bits per heavy atom. The fourth-order valence-corrected chi connectivity index (χ4v) is 3.57. The summed E-state index contributed by atoms with van der Waals surface area (Å²) in [5.74, 6) is -1.69. The molecule has 24 heavy (non-hydrogen) atoms. The van der Waals surface area contributed by atoms with Crippen molar-refractivity contribution in [3.05, 3.63) is 45.5 Å². The number of furan rings is 1. The van der Waals surface area contributed by atoms with E-state index in [9.17, 15) is 14.4 Å². The Morgan fingerprint density at radius 3 is 2.79 bits per heavy atom. The normalized spacial score (nSPS) is 13.0. The molecule has 0 bridgehead atoms. The summed E-state index contributed by atoms with van der Waals surface area (Å²) in [6, 6.07) is 4.86. The Bertz CT molecular complexity index is 727. The maximum atomic E-state index is 12.0. The summed E-state index contributed by atoms with van der Waals surface area (Å²) in [5, 5.41) is 0. The van der Waals surface area contributed by atoms with Gasteiger partial charge in [-0.05, 0) is 49.4 Å². The average molecular weight is 348 g/mol. The van der Waals surface area contributed by atoms with Gasteiger partial charge in [0.2, 0.25) is 0 Å². The fourth-order valence-electron chi connectivity index (χ4n) is 2.43. The molecule has 0 unspecified atom stereocenters. The van der Waals surface area contributed by atoms with Gasteiger partial charge in [0.1, 0.15) is 4.88 Å². The number of hydrogen-bond donors (Lipinski definition) is 2. The fraction of sp³-hybridized carbons (Fsp3) is 0.312. The molecule has 1 aliphatic rings. The predicted molar refractivity (Wildman–Crippen MR) is 85.6 cm³/mol. The molecule has 2 aromatic heterocycles.